The molecule has 8 heteroatoms. The number of anilines is 1. The molecule has 0 atom stereocenters. The van der Waals surface area contributed by atoms with E-state index in [4.69, 9.17) is 4.99 Å². The summed E-state index contributed by atoms with van der Waals surface area (Å²) < 4.78 is 0. The number of hydrogen-bond donors (Lipinski definition) is 3. The molecule has 1 aromatic rings. The van der Waals surface area contributed by atoms with E-state index in [2.05, 4.69) is 27.4 Å². The van der Waals surface area contributed by atoms with Gasteiger partial charge in [0.25, 0.3) is 0 Å². The molecule has 0 unspecified atom stereocenters. The van der Waals surface area contributed by atoms with Crippen LogP contribution < -0.4 is 15.5 Å². The summed E-state index contributed by atoms with van der Waals surface area (Å²) in [5.41, 5.74) is 0.888. The Hall–Kier alpha value is -1.71. The van der Waals surface area contributed by atoms with Crippen LogP contribution in [0.1, 0.15) is 39.0 Å². The smallest absolute Gasteiger partial charge is 0.223 e. The number of carbonyl (C=O) groups excluding carboxylic acids is 1. The maximum atomic E-state index is 12.3. The molecule has 1 saturated heterocycles. The zero-order chi connectivity index (χ0) is 20.5. The van der Waals surface area contributed by atoms with Crippen LogP contribution in [0.25, 0.3) is 0 Å². The van der Waals surface area contributed by atoms with Gasteiger partial charge in [-0.05, 0) is 31.9 Å². The van der Waals surface area contributed by atoms with Crippen molar-refractivity contribution in [3.8, 4) is 5.75 Å². The highest BCUT2D eigenvalue weighted by atomic mass is 127. The van der Waals surface area contributed by atoms with Gasteiger partial charge >= 0.3 is 0 Å². The fourth-order valence-corrected chi connectivity index (χ4v) is 4.17. The van der Waals surface area contributed by atoms with E-state index in [9.17, 15) is 9.90 Å². The van der Waals surface area contributed by atoms with Gasteiger partial charge in [-0.1, -0.05) is 31.4 Å². The Morgan fingerprint density at radius 2 is 1.80 bits per heavy atom. The van der Waals surface area contributed by atoms with Crippen LogP contribution >= 0.6 is 24.0 Å². The Bertz CT molecular complexity index is 686. The van der Waals surface area contributed by atoms with Crippen LogP contribution in [0.2, 0.25) is 0 Å². The highest BCUT2D eigenvalue weighted by Crippen LogP contribution is 2.27. The lowest BCUT2D eigenvalue weighted by Crippen LogP contribution is -2.52. The molecule has 1 heterocycles. The van der Waals surface area contributed by atoms with Crippen molar-refractivity contribution >= 4 is 41.5 Å². The molecule has 30 heavy (non-hydrogen) atoms. The van der Waals surface area contributed by atoms with Crippen LogP contribution in [0.3, 0.4) is 0 Å². The average Bonchev–Trinajstić information content (AvgIpc) is 2.77. The molecule has 1 aliphatic carbocycles. The molecule has 0 spiro atoms. The largest absolute Gasteiger partial charge is 0.506 e. The first-order valence-corrected chi connectivity index (χ1v) is 11.0. The fourth-order valence-electron chi connectivity index (χ4n) is 4.17. The molecule has 2 aliphatic rings. The number of guanidine groups is 1. The number of para-hydroxylation sites is 2. The number of rotatable bonds is 6. The number of halogens is 1. The van der Waals surface area contributed by atoms with Gasteiger partial charge in [-0.15, -0.1) is 24.0 Å². The molecule has 1 saturated carbocycles. The number of phenols is 1. The van der Waals surface area contributed by atoms with E-state index in [-0.39, 0.29) is 35.8 Å². The lowest BCUT2D eigenvalue weighted by atomic mass is 9.89. The van der Waals surface area contributed by atoms with E-state index >= 15 is 0 Å². The number of aromatic hydroxyl groups is 1. The molecule has 1 aliphatic heterocycles. The Balaban J connectivity index is 0.00000320. The van der Waals surface area contributed by atoms with E-state index < -0.39 is 0 Å². The molecule has 2 fully saturated rings. The summed E-state index contributed by atoms with van der Waals surface area (Å²) in [5, 5.41) is 16.5. The quantitative estimate of drug-likeness (QED) is 0.229. The Kier molecular flexibility index (Phi) is 10.5. The minimum absolute atomic E-state index is 0. The molecule has 0 radical (unpaired) electrons. The lowest BCUT2D eigenvalue weighted by Gasteiger charge is -2.37. The summed E-state index contributed by atoms with van der Waals surface area (Å²) in [5.74, 6) is 1.62. The van der Waals surface area contributed by atoms with Crippen molar-refractivity contribution in [1.82, 2.24) is 15.5 Å². The minimum atomic E-state index is 0. The maximum Gasteiger partial charge on any atom is 0.223 e. The summed E-state index contributed by atoms with van der Waals surface area (Å²) in [7, 11) is 0. The number of hydrogen-bond acceptors (Lipinski definition) is 4. The van der Waals surface area contributed by atoms with Crippen molar-refractivity contribution in [2.75, 3.05) is 50.7 Å². The van der Waals surface area contributed by atoms with E-state index in [1.54, 1.807) is 6.07 Å². The monoisotopic (exact) mass is 529 g/mol. The highest BCUT2D eigenvalue weighted by molar-refractivity contribution is 14.0. The number of carbonyl (C=O) groups is 1. The zero-order valence-corrected chi connectivity index (χ0v) is 20.3. The number of piperazine rings is 1. The maximum absolute atomic E-state index is 12.3. The van der Waals surface area contributed by atoms with Crippen LogP contribution in [-0.2, 0) is 4.79 Å². The summed E-state index contributed by atoms with van der Waals surface area (Å²) in [6, 6.07) is 7.49. The third-order valence-electron chi connectivity index (χ3n) is 5.79. The second-order valence-corrected chi connectivity index (χ2v) is 7.82. The molecule has 7 nitrogen and oxygen atoms in total. The first-order valence-electron chi connectivity index (χ1n) is 11.0. The lowest BCUT2D eigenvalue weighted by molar-refractivity contribution is -0.125. The summed E-state index contributed by atoms with van der Waals surface area (Å²) in [4.78, 5) is 21.4. The van der Waals surface area contributed by atoms with Gasteiger partial charge in [0.2, 0.25) is 5.91 Å². The number of phenolic OH excluding ortho intramolecular Hbond substituents is 1. The Morgan fingerprint density at radius 3 is 2.47 bits per heavy atom. The number of amides is 1. The highest BCUT2D eigenvalue weighted by Gasteiger charge is 2.22. The van der Waals surface area contributed by atoms with Gasteiger partial charge in [-0.2, -0.15) is 0 Å². The summed E-state index contributed by atoms with van der Waals surface area (Å²) in [6.07, 6.45) is 5.66. The van der Waals surface area contributed by atoms with Gasteiger partial charge in [0.05, 0.1) is 12.2 Å². The van der Waals surface area contributed by atoms with Gasteiger partial charge in [0.15, 0.2) is 5.96 Å². The third-order valence-corrected chi connectivity index (χ3v) is 5.79. The van der Waals surface area contributed by atoms with Crippen molar-refractivity contribution in [1.29, 1.82) is 0 Å². The van der Waals surface area contributed by atoms with Crippen molar-refractivity contribution in [3.63, 3.8) is 0 Å². The van der Waals surface area contributed by atoms with Gasteiger partial charge < -0.3 is 25.5 Å². The number of nitrogens with one attached hydrogen (secondary N) is 2. The topological polar surface area (TPSA) is 80.2 Å². The van der Waals surface area contributed by atoms with Crippen molar-refractivity contribution in [2.45, 2.75) is 39.0 Å². The van der Waals surface area contributed by atoms with E-state index in [1.807, 2.05) is 18.2 Å². The standard InChI is InChI=1S/C22H35N5O2.HI/c1-2-23-22(25-13-12-24-21(29)18-8-4-3-5-9-18)27-16-14-26(15-17-27)19-10-6-7-11-20(19)28;/h6-7,10-11,18,28H,2-5,8-9,12-17H2,1H3,(H,23,25)(H,24,29);1H. The van der Waals surface area contributed by atoms with E-state index in [1.165, 1.54) is 19.3 Å². The van der Waals surface area contributed by atoms with E-state index in [0.717, 1.165) is 57.2 Å². The molecule has 0 bridgehead atoms. The van der Waals surface area contributed by atoms with Gasteiger partial charge in [-0.3, -0.25) is 9.79 Å². The van der Waals surface area contributed by atoms with Crippen LogP contribution in [0.15, 0.2) is 29.3 Å². The Labute approximate surface area is 197 Å². The predicted molar refractivity (Wildman–Crippen MR) is 133 cm³/mol. The van der Waals surface area contributed by atoms with Crippen molar-refractivity contribution in [3.05, 3.63) is 24.3 Å². The summed E-state index contributed by atoms with van der Waals surface area (Å²) in [6.45, 7) is 7.40. The van der Waals surface area contributed by atoms with Gasteiger partial charge in [0.1, 0.15) is 5.75 Å². The first kappa shape index (κ1) is 24.6. The van der Waals surface area contributed by atoms with Crippen LogP contribution in [0, 0.1) is 5.92 Å². The zero-order valence-electron chi connectivity index (χ0n) is 18.0. The van der Waals surface area contributed by atoms with Gasteiger partial charge in [0, 0.05) is 45.2 Å². The second-order valence-electron chi connectivity index (χ2n) is 7.82. The molecule has 3 rings (SSSR count). The normalized spacial score (nSPS) is 18.0. The number of benzene rings is 1. The molecule has 168 valence electrons. The van der Waals surface area contributed by atoms with Crippen molar-refractivity contribution < 1.29 is 9.90 Å². The molecule has 0 aromatic heterocycles. The minimum Gasteiger partial charge on any atom is -0.506 e. The Morgan fingerprint density at radius 1 is 1.10 bits per heavy atom. The third kappa shape index (κ3) is 6.92. The molecular formula is C22H36IN5O2. The second kappa shape index (κ2) is 12.9. The average molecular weight is 529 g/mol. The van der Waals surface area contributed by atoms with Crippen molar-refractivity contribution in [2.24, 2.45) is 10.9 Å². The van der Waals surface area contributed by atoms with Crippen LogP contribution in [0.5, 0.6) is 5.75 Å². The summed E-state index contributed by atoms with van der Waals surface area (Å²) >= 11 is 0. The van der Waals surface area contributed by atoms with E-state index in [0.29, 0.717) is 18.8 Å². The first-order chi connectivity index (χ1) is 14.2. The predicted octanol–water partition coefficient (Wildman–Crippen LogP) is 2.79. The van der Waals surface area contributed by atoms with Crippen LogP contribution in [0.4, 0.5) is 5.69 Å². The number of aliphatic imine (C=N–C) groups is 1. The molecular weight excluding hydrogens is 493 g/mol. The SMILES string of the molecule is CCNC(=NCCNC(=O)C1CCCCC1)N1CCN(c2ccccc2O)CC1.I. The van der Waals surface area contributed by atoms with Gasteiger partial charge in [-0.25, -0.2) is 0 Å². The molecule has 1 aromatic carbocycles. The number of nitrogens with zero attached hydrogens (tertiary/aromatic N) is 3. The fraction of sp³-hybridized carbons (Fsp3) is 0.636. The molecule has 3 N–H and O–H groups in total. The molecule has 1 amide bonds. The van der Waals surface area contributed by atoms with Crippen LogP contribution in [-0.4, -0.2) is 67.7 Å².